The Morgan fingerprint density at radius 2 is 1.92 bits per heavy atom. The van der Waals surface area contributed by atoms with Crippen LogP contribution in [-0.4, -0.2) is 56.2 Å². The second kappa shape index (κ2) is 8.20. The van der Waals surface area contributed by atoms with Crippen molar-refractivity contribution in [3.8, 4) is 0 Å². The van der Waals surface area contributed by atoms with E-state index in [0.29, 0.717) is 43.7 Å². The SMILES string of the molecule is CCOC(=O)[C@@H]1CCCN(c2c(NC[C@@H]3CCCN3CC)c(=O)c2=O)C1. The van der Waals surface area contributed by atoms with E-state index in [9.17, 15) is 14.4 Å². The van der Waals surface area contributed by atoms with Gasteiger partial charge in [0.15, 0.2) is 0 Å². The van der Waals surface area contributed by atoms with Crippen molar-refractivity contribution in [3.05, 3.63) is 20.4 Å². The van der Waals surface area contributed by atoms with Crippen molar-refractivity contribution < 1.29 is 9.53 Å². The highest BCUT2D eigenvalue weighted by molar-refractivity contribution is 5.78. The Bertz CT molecular complexity index is 710. The third-order valence-electron chi connectivity index (χ3n) is 5.66. The predicted molar refractivity (Wildman–Crippen MR) is 102 cm³/mol. The zero-order valence-corrected chi connectivity index (χ0v) is 15.8. The molecule has 1 aromatic rings. The van der Waals surface area contributed by atoms with E-state index in [-0.39, 0.29) is 11.9 Å². The molecule has 1 aromatic carbocycles. The van der Waals surface area contributed by atoms with E-state index in [2.05, 4.69) is 17.1 Å². The van der Waals surface area contributed by atoms with Crippen LogP contribution < -0.4 is 21.1 Å². The van der Waals surface area contributed by atoms with E-state index >= 15 is 0 Å². The number of hydrogen-bond donors (Lipinski definition) is 1. The maximum atomic E-state index is 12.2. The van der Waals surface area contributed by atoms with Gasteiger partial charge in [0.25, 0.3) is 10.9 Å². The van der Waals surface area contributed by atoms with Crippen LogP contribution in [-0.2, 0) is 9.53 Å². The number of anilines is 2. The average molecular weight is 363 g/mol. The minimum atomic E-state index is -0.434. The van der Waals surface area contributed by atoms with Gasteiger partial charge in [-0.1, -0.05) is 6.92 Å². The first kappa shape index (κ1) is 18.9. The van der Waals surface area contributed by atoms with Crippen LogP contribution in [0.15, 0.2) is 9.59 Å². The Balaban J connectivity index is 1.67. The molecule has 2 fully saturated rings. The standard InChI is InChI=1S/C19H29N3O4/c1-3-21-9-6-8-14(21)11-20-15-16(18(24)17(15)23)22-10-5-7-13(12-22)19(25)26-4-2/h13-14,20H,3-12H2,1-2H3/t13-,14+/m1/s1. The predicted octanol–water partition coefficient (Wildman–Crippen LogP) is 0.958. The van der Waals surface area contributed by atoms with Gasteiger partial charge in [-0.05, 0) is 45.7 Å². The normalized spacial score (nSPS) is 24.2. The Hall–Kier alpha value is -1.89. The monoisotopic (exact) mass is 363 g/mol. The van der Waals surface area contributed by atoms with Crippen molar-refractivity contribution in [3.63, 3.8) is 0 Å². The molecular formula is C19H29N3O4. The van der Waals surface area contributed by atoms with Crippen LogP contribution in [0.3, 0.4) is 0 Å². The highest BCUT2D eigenvalue weighted by Gasteiger charge is 2.33. The van der Waals surface area contributed by atoms with Gasteiger partial charge in [-0.2, -0.15) is 0 Å². The first-order valence-corrected chi connectivity index (χ1v) is 9.79. The van der Waals surface area contributed by atoms with Crippen LogP contribution in [0, 0.1) is 5.92 Å². The van der Waals surface area contributed by atoms with E-state index in [1.165, 1.54) is 6.42 Å². The van der Waals surface area contributed by atoms with Crippen molar-refractivity contribution in [1.29, 1.82) is 0 Å². The molecule has 2 aliphatic rings. The van der Waals surface area contributed by atoms with E-state index in [0.717, 1.165) is 32.4 Å². The summed E-state index contributed by atoms with van der Waals surface area (Å²) in [5, 5.41) is 3.23. The number of esters is 1. The molecule has 7 nitrogen and oxygen atoms in total. The number of piperidine rings is 1. The number of nitrogens with one attached hydrogen (secondary N) is 1. The maximum absolute atomic E-state index is 12.2. The highest BCUT2D eigenvalue weighted by Crippen LogP contribution is 2.27. The molecule has 2 atom stereocenters. The lowest BCUT2D eigenvalue weighted by molar-refractivity contribution is -0.148. The molecule has 144 valence electrons. The summed E-state index contributed by atoms with van der Waals surface area (Å²) in [6, 6.07) is 0.408. The van der Waals surface area contributed by atoms with Crippen LogP contribution in [0.25, 0.3) is 0 Å². The number of likely N-dealkylation sites (N-methyl/N-ethyl adjacent to an activating group) is 1. The first-order chi connectivity index (χ1) is 12.6. The third-order valence-corrected chi connectivity index (χ3v) is 5.66. The van der Waals surface area contributed by atoms with Crippen LogP contribution in [0.4, 0.5) is 11.4 Å². The van der Waals surface area contributed by atoms with Gasteiger partial charge < -0.3 is 15.0 Å². The lowest BCUT2D eigenvalue weighted by Crippen LogP contribution is -2.48. The van der Waals surface area contributed by atoms with Gasteiger partial charge in [0, 0.05) is 25.7 Å². The number of rotatable bonds is 7. The second-order valence-electron chi connectivity index (χ2n) is 7.22. The molecule has 3 rings (SSSR count). The summed E-state index contributed by atoms with van der Waals surface area (Å²) in [6.07, 6.45) is 3.86. The van der Waals surface area contributed by atoms with Crippen molar-refractivity contribution in [1.82, 2.24) is 4.90 Å². The van der Waals surface area contributed by atoms with Crippen LogP contribution >= 0.6 is 0 Å². The molecular weight excluding hydrogens is 334 g/mol. The minimum absolute atomic E-state index is 0.213. The van der Waals surface area contributed by atoms with E-state index in [4.69, 9.17) is 4.74 Å². The van der Waals surface area contributed by atoms with Crippen molar-refractivity contribution >= 4 is 17.3 Å². The van der Waals surface area contributed by atoms with E-state index in [1.54, 1.807) is 6.92 Å². The number of hydrogen-bond acceptors (Lipinski definition) is 7. The average Bonchev–Trinajstić information content (AvgIpc) is 3.12. The first-order valence-electron chi connectivity index (χ1n) is 9.79. The molecule has 0 bridgehead atoms. The summed E-state index contributed by atoms with van der Waals surface area (Å²) < 4.78 is 5.12. The molecule has 2 aliphatic heterocycles. The molecule has 0 amide bonds. The summed E-state index contributed by atoms with van der Waals surface area (Å²) >= 11 is 0. The molecule has 0 aromatic heterocycles. The Morgan fingerprint density at radius 3 is 2.65 bits per heavy atom. The smallest absolute Gasteiger partial charge is 0.310 e. The van der Waals surface area contributed by atoms with Gasteiger partial charge in [0.2, 0.25) is 0 Å². The fraction of sp³-hybridized carbons (Fsp3) is 0.737. The van der Waals surface area contributed by atoms with Crippen molar-refractivity contribution in [2.75, 3.05) is 49.5 Å². The second-order valence-corrected chi connectivity index (χ2v) is 7.22. The number of likely N-dealkylation sites (tertiary alicyclic amines) is 1. The Labute approximate surface area is 154 Å². The minimum Gasteiger partial charge on any atom is -0.466 e. The summed E-state index contributed by atoms with van der Waals surface area (Å²) in [7, 11) is 0. The van der Waals surface area contributed by atoms with Crippen molar-refractivity contribution in [2.24, 2.45) is 5.92 Å². The summed E-state index contributed by atoms with van der Waals surface area (Å²) in [5.41, 5.74) is 0.0302. The molecule has 2 heterocycles. The Kier molecular flexibility index (Phi) is 5.96. The third kappa shape index (κ3) is 3.63. The summed E-state index contributed by atoms with van der Waals surface area (Å²) in [5.74, 6) is -0.443. The van der Waals surface area contributed by atoms with Gasteiger partial charge >= 0.3 is 5.97 Å². The molecule has 0 aliphatic carbocycles. The van der Waals surface area contributed by atoms with Gasteiger partial charge in [-0.25, -0.2) is 0 Å². The van der Waals surface area contributed by atoms with Crippen LogP contribution in [0.2, 0.25) is 0 Å². The van der Waals surface area contributed by atoms with E-state index in [1.807, 2.05) is 4.90 Å². The molecule has 2 saturated heterocycles. The Morgan fingerprint density at radius 1 is 1.15 bits per heavy atom. The zero-order chi connectivity index (χ0) is 18.7. The lowest BCUT2D eigenvalue weighted by Gasteiger charge is -2.35. The largest absolute Gasteiger partial charge is 0.466 e. The lowest BCUT2D eigenvalue weighted by atomic mass is 9.96. The molecule has 0 spiro atoms. The van der Waals surface area contributed by atoms with Crippen LogP contribution in [0.5, 0.6) is 0 Å². The summed E-state index contributed by atoms with van der Waals surface area (Å²) in [6.45, 7) is 8.21. The van der Waals surface area contributed by atoms with Gasteiger partial charge in [-0.3, -0.25) is 19.3 Å². The molecule has 0 unspecified atom stereocenters. The molecule has 1 N–H and O–H groups in total. The molecule has 26 heavy (non-hydrogen) atoms. The topological polar surface area (TPSA) is 79.0 Å². The number of ether oxygens (including phenoxy) is 1. The van der Waals surface area contributed by atoms with Gasteiger partial charge in [0.1, 0.15) is 11.4 Å². The zero-order valence-electron chi connectivity index (χ0n) is 15.8. The fourth-order valence-electron chi connectivity index (χ4n) is 4.24. The number of carbonyl (C=O) groups excluding carboxylic acids is 1. The van der Waals surface area contributed by atoms with Gasteiger partial charge in [0.05, 0.1) is 12.5 Å². The fourth-order valence-corrected chi connectivity index (χ4v) is 4.24. The van der Waals surface area contributed by atoms with E-state index < -0.39 is 10.9 Å². The maximum Gasteiger partial charge on any atom is 0.310 e. The molecule has 0 saturated carbocycles. The highest BCUT2D eigenvalue weighted by atomic mass is 16.5. The van der Waals surface area contributed by atoms with Gasteiger partial charge in [-0.15, -0.1) is 0 Å². The molecule has 0 radical (unpaired) electrons. The quantitative estimate of drug-likeness (QED) is 0.571. The van der Waals surface area contributed by atoms with Crippen molar-refractivity contribution in [2.45, 2.75) is 45.6 Å². The van der Waals surface area contributed by atoms with Crippen LogP contribution in [0.1, 0.15) is 39.5 Å². The molecule has 7 heteroatoms. The number of nitrogens with zero attached hydrogens (tertiary/aromatic N) is 2. The number of carbonyl (C=O) groups is 1. The summed E-state index contributed by atoms with van der Waals surface area (Å²) in [4.78, 5) is 40.6.